The highest BCUT2D eigenvalue weighted by atomic mass is 35.5. The maximum Gasteiger partial charge on any atom is 0.491 e. The van der Waals surface area contributed by atoms with Gasteiger partial charge < -0.3 is 15.0 Å². The van der Waals surface area contributed by atoms with E-state index in [-0.39, 0.29) is 11.2 Å². The van der Waals surface area contributed by atoms with Gasteiger partial charge in [0.15, 0.2) is 0 Å². The van der Waals surface area contributed by atoms with Crippen LogP contribution >= 0.6 is 11.6 Å². The predicted molar refractivity (Wildman–Crippen MR) is 89.3 cm³/mol. The minimum Gasteiger partial charge on any atom is -0.400 e. The van der Waals surface area contributed by atoms with Gasteiger partial charge in [0.1, 0.15) is 0 Å². The van der Waals surface area contributed by atoms with E-state index in [0.29, 0.717) is 11.6 Å². The molecule has 3 nitrogen and oxygen atoms in total. The Labute approximate surface area is 132 Å². The van der Waals surface area contributed by atoms with Crippen LogP contribution in [0.15, 0.2) is 23.7 Å². The lowest BCUT2D eigenvalue weighted by atomic mass is 9.77. The van der Waals surface area contributed by atoms with Crippen LogP contribution in [0.3, 0.4) is 0 Å². The molecule has 1 aromatic rings. The molecule has 0 radical (unpaired) electrons. The van der Waals surface area contributed by atoms with Crippen molar-refractivity contribution in [3.8, 4) is 0 Å². The van der Waals surface area contributed by atoms with Gasteiger partial charge in [0.2, 0.25) is 0 Å². The van der Waals surface area contributed by atoms with Crippen LogP contribution in [0.5, 0.6) is 0 Å². The van der Waals surface area contributed by atoms with Gasteiger partial charge in [-0.15, -0.1) is 0 Å². The molecule has 0 spiro atoms. The maximum atomic E-state index is 6.28. The Morgan fingerprint density at radius 1 is 1.24 bits per heavy atom. The predicted octanol–water partition coefficient (Wildman–Crippen LogP) is 3.62. The highest BCUT2D eigenvalue weighted by Crippen LogP contribution is 2.38. The molecule has 0 saturated carbocycles. The lowest BCUT2D eigenvalue weighted by molar-refractivity contribution is 0.00578. The van der Waals surface area contributed by atoms with Crippen LogP contribution in [0.1, 0.15) is 38.8 Å². The second-order valence-corrected chi connectivity index (χ2v) is 6.94. The molecule has 0 unspecified atom stereocenters. The number of benzene rings is 1. The van der Waals surface area contributed by atoms with Crippen LogP contribution in [-0.4, -0.2) is 24.9 Å². The third kappa shape index (κ3) is 3.34. The first-order chi connectivity index (χ1) is 9.66. The van der Waals surface area contributed by atoms with Crippen molar-refractivity contribution in [3.63, 3.8) is 0 Å². The van der Waals surface area contributed by atoms with Gasteiger partial charge in [-0.3, -0.25) is 0 Å². The third-order valence-corrected chi connectivity index (χ3v) is 4.62. The van der Waals surface area contributed by atoms with Crippen LogP contribution in [0.25, 0.3) is 6.08 Å². The fourth-order valence-electron chi connectivity index (χ4n) is 2.17. The summed E-state index contributed by atoms with van der Waals surface area (Å²) in [6.45, 7) is 10.5. The topological polar surface area (TPSA) is 44.5 Å². The summed E-state index contributed by atoms with van der Waals surface area (Å²) in [5, 5.41) is 0.706. The van der Waals surface area contributed by atoms with E-state index in [1.807, 2.05) is 58.9 Å². The quantitative estimate of drug-likeness (QED) is 0.867. The van der Waals surface area contributed by atoms with Crippen molar-refractivity contribution in [1.82, 2.24) is 0 Å². The Balaban J connectivity index is 2.31. The van der Waals surface area contributed by atoms with Gasteiger partial charge in [0, 0.05) is 11.6 Å². The van der Waals surface area contributed by atoms with Crippen LogP contribution in [0.2, 0.25) is 5.02 Å². The first-order valence-electron chi connectivity index (χ1n) is 7.18. The third-order valence-electron chi connectivity index (χ3n) is 4.29. The lowest BCUT2D eigenvalue weighted by Gasteiger charge is -2.32. The van der Waals surface area contributed by atoms with E-state index in [4.69, 9.17) is 26.6 Å². The largest absolute Gasteiger partial charge is 0.491 e. The molecule has 0 aliphatic carbocycles. The molecule has 5 heteroatoms. The van der Waals surface area contributed by atoms with Gasteiger partial charge in [0.25, 0.3) is 0 Å². The lowest BCUT2D eigenvalue weighted by Crippen LogP contribution is -2.41. The van der Waals surface area contributed by atoms with Gasteiger partial charge in [-0.05, 0) is 57.3 Å². The summed E-state index contributed by atoms with van der Waals surface area (Å²) in [5.74, 6) is 0. The van der Waals surface area contributed by atoms with E-state index in [9.17, 15) is 0 Å². The molecule has 0 aromatic heterocycles. The summed E-state index contributed by atoms with van der Waals surface area (Å²) in [6.07, 6.45) is 1.96. The Bertz CT molecular complexity index is 553. The number of halogens is 1. The SMILES string of the molecule is Cc1ccc(C=C(CN)B2OC(C)(C)C(C)(C)O2)c(Cl)c1. The van der Waals surface area contributed by atoms with E-state index in [0.717, 1.165) is 16.6 Å². The molecule has 1 aliphatic rings. The zero-order chi connectivity index (χ0) is 15.8. The molecule has 21 heavy (non-hydrogen) atoms. The number of hydrogen-bond donors (Lipinski definition) is 1. The Kier molecular flexibility index (Phi) is 4.55. The molecule has 0 atom stereocenters. The molecule has 2 N–H and O–H groups in total. The van der Waals surface area contributed by atoms with Gasteiger partial charge >= 0.3 is 7.12 Å². The van der Waals surface area contributed by atoms with Crippen LogP contribution in [0, 0.1) is 6.92 Å². The van der Waals surface area contributed by atoms with E-state index < -0.39 is 7.12 Å². The summed E-state index contributed by atoms with van der Waals surface area (Å²) in [7, 11) is -0.433. The van der Waals surface area contributed by atoms with E-state index >= 15 is 0 Å². The van der Waals surface area contributed by atoms with Crippen molar-refractivity contribution in [3.05, 3.63) is 39.8 Å². The first kappa shape index (κ1) is 16.6. The smallest absolute Gasteiger partial charge is 0.400 e. The Morgan fingerprint density at radius 2 is 1.81 bits per heavy atom. The van der Waals surface area contributed by atoms with Gasteiger partial charge in [-0.2, -0.15) is 0 Å². The minimum absolute atomic E-state index is 0.362. The fourth-order valence-corrected chi connectivity index (χ4v) is 2.46. The average Bonchev–Trinajstić information content (AvgIpc) is 2.57. The zero-order valence-corrected chi connectivity index (χ0v) is 14.1. The molecule has 0 amide bonds. The van der Waals surface area contributed by atoms with Crippen molar-refractivity contribution in [1.29, 1.82) is 0 Å². The highest BCUT2D eigenvalue weighted by Gasteiger charge is 2.52. The summed E-state index contributed by atoms with van der Waals surface area (Å²) in [5.41, 5.74) is 8.09. The molecule has 114 valence electrons. The summed E-state index contributed by atoms with van der Waals surface area (Å²) < 4.78 is 12.1. The summed E-state index contributed by atoms with van der Waals surface area (Å²) in [4.78, 5) is 0. The van der Waals surface area contributed by atoms with Crippen molar-refractivity contribution in [2.45, 2.75) is 45.8 Å². The summed E-state index contributed by atoms with van der Waals surface area (Å²) >= 11 is 6.28. The number of rotatable bonds is 3. The minimum atomic E-state index is -0.433. The van der Waals surface area contributed by atoms with Crippen molar-refractivity contribution >= 4 is 24.8 Å². The standard InChI is InChI=1S/C16H23BClNO2/c1-11-6-7-12(14(18)8-11)9-13(10-19)17-20-15(2,3)16(4,5)21-17/h6-9H,10,19H2,1-5H3. The van der Waals surface area contributed by atoms with Gasteiger partial charge in [-0.25, -0.2) is 0 Å². The Morgan fingerprint density at radius 3 is 2.29 bits per heavy atom. The van der Waals surface area contributed by atoms with Gasteiger partial charge in [0.05, 0.1) is 11.2 Å². The fraction of sp³-hybridized carbons (Fsp3) is 0.500. The van der Waals surface area contributed by atoms with Crippen LogP contribution < -0.4 is 5.73 Å². The highest BCUT2D eigenvalue weighted by molar-refractivity contribution is 6.56. The van der Waals surface area contributed by atoms with Gasteiger partial charge in [-0.1, -0.05) is 29.8 Å². The van der Waals surface area contributed by atoms with Crippen LogP contribution in [-0.2, 0) is 9.31 Å². The second-order valence-electron chi connectivity index (χ2n) is 6.54. The molecule has 1 saturated heterocycles. The zero-order valence-electron chi connectivity index (χ0n) is 13.4. The number of hydrogen-bond acceptors (Lipinski definition) is 3. The molecule has 2 rings (SSSR count). The maximum absolute atomic E-state index is 6.28. The molecule has 1 aromatic carbocycles. The van der Waals surface area contributed by atoms with E-state index in [1.54, 1.807) is 0 Å². The normalized spacial score (nSPS) is 20.9. The molecular weight excluding hydrogens is 284 g/mol. The van der Waals surface area contributed by atoms with Crippen LogP contribution in [0.4, 0.5) is 0 Å². The van der Waals surface area contributed by atoms with Crippen molar-refractivity contribution in [2.75, 3.05) is 6.54 Å². The molecule has 1 fully saturated rings. The van der Waals surface area contributed by atoms with E-state index in [2.05, 4.69) is 0 Å². The summed E-state index contributed by atoms with van der Waals surface area (Å²) in [6, 6.07) is 5.94. The molecule has 1 aliphatic heterocycles. The van der Waals surface area contributed by atoms with Crippen molar-refractivity contribution < 1.29 is 9.31 Å². The Hall–Kier alpha value is -0.805. The number of aryl methyl sites for hydroxylation is 1. The van der Waals surface area contributed by atoms with Crippen molar-refractivity contribution in [2.24, 2.45) is 5.73 Å². The molecule has 1 heterocycles. The average molecular weight is 308 g/mol. The molecule has 0 bridgehead atoms. The monoisotopic (exact) mass is 307 g/mol. The first-order valence-corrected chi connectivity index (χ1v) is 7.56. The molecular formula is C16H23BClNO2. The van der Waals surface area contributed by atoms with E-state index in [1.165, 1.54) is 0 Å². The number of nitrogens with two attached hydrogens (primary N) is 1. The second kappa shape index (κ2) is 5.77.